The summed E-state index contributed by atoms with van der Waals surface area (Å²) in [5.74, 6) is 1.13. The first kappa shape index (κ1) is 13.9. The fraction of sp³-hybridized carbons (Fsp3) is 0.438. The van der Waals surface area contributed by atoms with Crippen LogP contribution >= 0.6 is 0 Å². The molecule has 1 unspecified atom stereocenters. The van der Waals surface area contributed by atoms with Crippen LogP contribution in [0.3, 0.4) is 0 Å². The third-order valence-corrected chi connectivity index (χ3v) is 4.20. The molecule has 112 valence electrons. The van der Waals surface area contributed by atoms with Crippen molar-refractivity contribution in [3.8, 4) is 11.6 Å². The predicted molar refractivity (Wildman–Crippen MR) is 80.2 cm³/mol. The summed E-state index contributed by atoms with van der Waals surface area (Å²) in [6.45, 7) is 3.63. The summed E-state index contributed by atoms with van der Waals surface area (Å²) in [7, 11) is 3.42. The van der Waals surface area contributed by atoms with Crippen molar-refractivity contribution in [1.29, 1.82) is 0 Å². The van der Waals surface area contributed by atoms with Gasteiger partial charge in [0.05, 0.1) is 24.3 Å². The number of aliphatic hydroxyl groups excluding tert-OH is 1. The monoisotopic (exact) mass is 289 g/mol. The Morgan fingerprint density at radius 1 is 1.43 bits per heavy atom. The molecule has 1 N–H and O–H groups in total. The van der Waals surface area contributed by atoms with Crippen LogP contribution in [-0.2, 0) is 13.5 Å². The van der Waals surface area contributed by atoms with Gasteiger partial charge in [-0.05, 0) is 26.0 Å². The predicted octanol–water partition coefficient (Wildman–Crippen LogP) is 1.62. The van der Waals surface area contributed by atoms with Crippen LogP contribution in [0.25, 0.3) is 10.9 Å². The fourth-order valence-corrected chi connectivity index (χ4v) is 2.85. The highest BCUT2D eigenvalue weighted by molar-refractivity contribution is 5.86. The molecule has 0 amide bonds. The second kappa shape index (κ2) is 4.49. The number of fused-ring (bicyclic) bond motifs is 2. The highest BCUT2D eigenvalue weighted by Crippen LogP contribution is 2.35. The van der Waals surface area contributed by atoms with Crippen molar-refractivity contribution in [3.05, 3.63) is 34.0 Å². The van der Waals surface area contributed by atoms with Crippen LogP contribution in [0.5, 0.6) is 11.6 Å². The van der Waals surface area contributed by atoms with Crippen molar-refractivity contribution in [3.63, 3.8) is 0 Å². The molecule has 0 aliphatic carbocycles. The molecule has 1 atom stereocenters. The van der Waals surface area contributed by atoms with Crippen LogP contribution in [0.4, 0.5) is 0 Å². The number of para-hydroxylation sites is 1. The lowest BCUT2D eigenvalue weighted by Gasteiger charge is -2.37. The van der Waals surface area contributed by atoms with Gasteiger partial charge in [0.1, 0.15) is 11.4 Å². The average molecular weight is 289 g/mol. The molecule has 2 aromatic rings. The van der Waals surface area contributed by atoms with E-state index in [-0.39, 0.29) is 5.43 Å². The molecule has 5 nitrogen and oxygen atoms in total. The van der Waals surface area contributed by atoms with E-state index in [0.29, 0.717) is 34.5 Å². The van der Waals surface area contributed by atoms with E-state index in [4.69, 9.17) is 9.47 Å². The van der Waals surface area contributed by atoms with Crippen LogP contribution in [0.2, 0.25) is 0 Å². The van der Waals surface area contributed by atoms with Gasteiger partial charge in [-0.25, -0.2) is 0 Å². The van der Waals surface area contributed by atoms with E-state index in [2.05, 4.69) is 0 Å². The number of methoxy groups -OCH3 is 1. The molecule has 5 heteroatoms. The summed E-state index contributed by atoms with van der Waals surface area (Å²) in [5.41, 5.74) is 0.389. The third kappa shape index (κ3) is 1.92. The van der Waals surface area contributed by atoms with Crippen LogP contribution in [0.15, 0.2) is 23.0 Å². The van der Waals surface area contributed by atoms with Gasteiger partial charge in [-0.3, -0.25) is 4.79 Å². The number of rotatable bonds is 1. The standard InChI is InChI=1S/C16H19NO4/c1-16(2)12(18)8-10-14(19)9-6-5-7-11(20-4)13(9)17(3)15(10)21-16/h5-7,12,18H,8H2,1-4H3. The van der Waals surface area contributed by atoms with Gasteiger partial charge < -0.3 is 19.1 Å². The van der Waals surface area contributed by atoms with Crippen molar-refractivity contribution in [2.24, 2.45) is 7.05 Å². The van der Waals surface area contributed by atoms with Crippen LogP contribution in [0, 0.1) is 0 Å². The lowest BCUT2D eigenvalue weighted by Crippen LogP contribution is -2.48. The van der Waals surface area contributed by atoms with E-state index >= 15 is 0 Å². The van der Waals surface area contributed by atoms with Crippen LogP contribution in [0.1, 0.15) is 19.4 Å². The maximum Gasteiger partial charge on any atom is 0.201 e. The highest BCUT2D eigenvalue weighted by Gasteiger charge is 2.38. The Kier molecular flexibility index (Phi) is 2.99. The number of aromatic nitrogens is 1. The zero-order chi connectivity index (χ0) is 15.4. The summed E-state index contributed by atoms with van der Waals surface area (Å²) < 4.78 is 13.1. The summed E-state index contributed by atoms with van der Waals surface area (Å²) in [6.07, 6.45) is -0.414. The Morgan fingerprint density at radius 2 is 2.14 bits per heavy atom. The van der Waals surface area contributed by atoms with Gasteiger partial charge in [0.15, 0.2) is 5.43 Å². The zero-order valence-corrected chi connectivity index (χ0v) is 12.6. The van der Waals surface area contributed by atoms with Crippen LogP contribution < -0.4 is 14.9 Å². The molecule has 1 aliphatic rings. The Bertz CT molecular complexity index is 776. The number of hydrogen-bond donors (Lipinski definition) is 1. The molecule has 0 fully saturated rings. The van der Waals surface area contributed by atoms with Crippen LogP contribution in [-0.4, -0.2) is 28.5 Å². The van der Waals surface area contributed by atoms with Gasteiger partial charge in [-0.15, -0.1) is 0 Å². The minimum Gasteiger partial charge on any atom is -0.495 e. The molecule has 0 spiro atoms. The first-order chi connectivity index (χ1) is 9.86. The number of hydrogen-bond acceptors (Lipinski definition) is 4. The number of aryl methyl sites for hydroxylation is 1. The summed E-state index contributed by atoms with van der Waals surface area (Å²) in [5, 5.41) is 10.7. The maximum atomic E-state index is 12.7. The van der Waals surface area contributed by atoms with E-state index in [1.165, 1.54) is 0 Å². The van der Waals surface area contributed by atoms with E-state index in [9.17, 15) is 9.90 Å². The van der Waals surface area contributed by atoms with Gasteiger partial charge in [-0.1, -0.05) is 6.07 Å². The normalized spacial score (nSPS) is 20.0. The van der Waals surface area contributed by atoms with E-state index in [1.54, 1.807) is 19.2 Å². The lowest BCUT2D eigenvalue weighted by atomic mass is 9.91. The molecule has 21 heavy (non-hydrogen) atoms. The summed E-state index contributed by atoms with van der Waals surface area (Å²) >= 11 is 0. The van der Waals surface area contributed by atoms with Gasteiger partial charge in [0, 0.05) is 18.9 Å². The first-order valence-electron chi connectivity index (χ1n) is 6.92. The number of benzene rings is 1. The topological polar surface area (TPSA) is 60.7 Å². The molecule has 0 bridgehead atoms. The molecule has 1 aromatic heterocycles. The van der Waals surface area contributed by atoms with Crippen molar-refractivity contribution in [1.82, 2.24) is 4.57 Å². The Morgan fingerprint density at radius 3 is 2.81 bits per heavy atom. The average Bonchev–Trinajstić information content (AvgIpc) is 2.46. The summed E-state index contributed by atoms with van der Waals surface area (Å²) in [6, 6.07) is 5.38. The first-order valence-corrected chi connectivity index (χ1v) is 6.92. The van der Waals surface area contributed by atoms with Gasteiger partial charge >= 0.3 is 0 Å². The van der Waals surface area contributed by atoms with E-state index < -0.39 is 11.7 Å². The summed E-state index contributed by atoms with van der Waals surface area (Å²) in [4.78, 5) is 12.7. The molecular weight excluding hydrogens is 270 g/mol. The molecule has 2 heterocycles. The molecule has 1 aromatic carbocycles. The number of nitrogens with zero attached hydrogens (tertiary/aromatic N) is 1. The number of ether oxygens (including phenoxy) is 2. The molecular formula is C16H19NO4. The maximum absolute atomic E-state index is 12.7. The molecule has 1 aliphatic heterocycles. The molecule has 3 rings (SSSR count). The second-order valence-corrected chi connectivity index (χ2v) is 5.95. The highest BCUT2D eigenvalue weighted by atomic mass is 16.5. The lowest BCUT2D eigenvalue weighted by molar-refractivity contribution is -0.0465. The SMILES string of the molecule is COc1cccc2c(=O)c3c(n(C)c12)OC(C)(C)C(O)C3. The second-order valence-electron chi connectivity index (χ2n) is 5.95. The largest absolute Gasteiger partial charge is 0.495 e. The quantitative estimate of drug-likeness (QED) is 0.866. The van der Waals surface area contributed by atoms with E-state index in [1.807, 2.05) is 31.5 Å². The Labute approximate surface area is 122 Å². The molecule has 0 radical (unpaired) electrons. The van der Waals surface area contributed by atoms with Crippen molar-refractivity contribution < 1.29 is 14.6 Å². The van der Waals surface area contributed by atoms with Crippen molar-refractivity contribution >= 4 is 10.9 Å². The molecule has 0 saturated heterocycles. The minimum absolute atomic E-state index is 0.105. The Balaban J connectivity index is 2.40. The smallest absolute Gasteiger partial charge is 0.201 e. The Hall–Kier alpha value is -2.01. The molecule has 0 saturated carbocycles. The number of pyridine rings is 1. The fourth-order valence-electron chi connectivity index (χ4n) is 2.85. The van der Waals surface area contributed by atoms with Gasteiger partial charge in [-0.2, -0.15) is 0 Å². The minimum atomic E-state index is -0.729. The number of aliphatic hydroxyl groups is 1. The van der Waals surface area contributed by atoms with E-state index in [0.717, 1.165) is 0 Å². The van der Waals surface area contributed by atoms with Gasteiger partial charge in [0.2, 0.25) is 5.88 Å². The van der Waals surface area contributed by atoms with Crippen molar-refractivity contribution in [2.45, 2.75) is 32.0 Å². The third-order valence-electron chi connectivity index (χ3n) is 4.20. The van der Waals surface area contributed by atoms with Crippen molar-refractivity contribution in [2.75, 3.05) is 7.11 Å². The zero-order valence-electron chi connectivity index (χ0n) is 12.6. The van der Waals surface area contributed by atoms with Gasteiger partial charge in [0.25, 0.3) is 0 Å².